The fraction of sp³-hybridized carbons (Fsp3) is 0.154. The Morgan fingerprint density at radius 2 is 2.39 bits per heavy atom. The van der Waals surface area contributed by atoms with Gasteiger partial charge in [0.1, 0.15) is 5.76 Å². The molecule has 0 aliphatic rings. The number of aromatic nitrogens is 1. The number of rotatable bonds is 3. The van der Waals surface area contributed by atoms with Crippen LogP contribution in [0.4, 0.5) is 5.69 Å². The number of hydrogen-bond donors (Lipinski definition) is 1. The van der Waals surface area contributed by atoms with Gasteiger partial charge in [-0.15, -0.1) is 0 Å². The second-order valence-electron chi connectivity index (χ2n) is 3.78. The van der Waals surface area contributed by atoms with Gasteiger partial charge in [-0.1, -0.05) is 6.07 Å². The van der Waals surface area contributed by atoms with Gasteiger partial charge in [0.05, 0.1) is 23.7 Å². The van der Waals surface area contributed by atoms with Gasteiger partial charge in [-0.3, -0.25) is 4.79 Å². The van der Waals surface area contributed by atoms with E-state index in [1.54, 1.807) is 31.2 Å². The summed E-state index contributed by atoms with van der Waals surface area (Å²) in [6.45, 7) is 1.78. The van der Waals surface area contributed by atoms with Crippen LogP contribution in [0.3, 0.4) is 0 Å². The maximum atomic E-state index is 11.7. The number of nitrogens with one attached hydrogen (secondary N) is 1. The zero-order valence-corrected chi connectivity index (χ0v) is 9.80. The fourth-order valence-corrected chi connectivity index (χ4v) is 1.51. The predicted octanol–water partition coefficient (Wildman–Crippen LogP) is 2.04. The quantitative estimate of drug-likeness (QED) is 0.891. The van der Waals surface area contributed by atoms with Crippen molar-refractivity contribution in [2.45, 2.75) is 13.3 Å². The van der Waals surface area contributed by atoms with Crippen LogP contribution in [0.15, 0.2) is 35.1 Å². The van der Waals surface area contributed by atoms with Gasteiger partial charge in [0.25, 0.3) is 0 Å². The van der Waals surface area contributed by atoms with Crippen LogP contribution >= 0.6 is 0 Å². The molecule has 18 heavy (non-hydrogen) atoms. The zero-order chi connectivity index (χ0) is 13.0. The lowest BCUT2D eigenvalue weighted by atomic mass is 10.2. The molecule has 5 nitrogen and oxygen atoms in total. The summed E-state index contributed by atoms with van der Waals surface area (Å²) >= 11 is 0. The topological polar surface area (TPSA) is 78.9 Å². The van der Waals surface area contributed by atoms with Gasteiger partial charge in [-0.05, 0) is 25.1 Å². The summed E-state index contributed by atoms with van der Waals surface area (Å²) in [5, 5.41) is 11.5. The molecule has 2 rings (SSSR count). The van der Waals surface area contributed by atoms with Gasteiger partial charge in [-0.25, -0.2) is 4.98 Å². The van der Waals surface area contributed by atoms with Crippen molar-refractivity contribution in [3.8, 4) is 6.07 Å². The van der Waals surface area contributed by atoms with Crippen LogP contribution in [0.5, 0.6) is 0 Å². The number of aryl methyl sites for hydroxylation is 1. The van der Waals surface area contributed by atoms with Gasteiger partial charge in [0, 0.05) is 5.69 Å². The lowest BCUT2D eigenvalue weighted by molar-refractivity contribution is -0.115. The summed E-state index contributed by atoms with van der Waals surface area (Å²) in [5.41, 5.74) is 1.80. The van der Waals surface area contributed by atoms with Crippen LogP contribution in [-0.2, 0) is 11.2 Å². The zero-order valence-electron chi connectivity index (χ0n) is 9.80. The molecule has 0 radical (unpaired) electrons. The van der Waals surface area contributed by atoms with Crippen molar-refractivity contribution in [3.63, 3.8) is 0 Å². The molecule has 0 bridgehead atoms. The van der Waals surface area contributed by atoms with E-state index in [2.05, 4.69) is 10.3 Å². The number of nitriles is 1. The third-order valence-electron chi connectivity index (χ3n) is 2.44. The number of nitrogens with zero attached hydrogens (tertiary/aromatic N) is 2. The molecule has 0 spiro atoms. The lowest BCUT2D eigenvalue weighted by Gasteiger charge is -2.04. The SMILES string of the molecule is Cc1ncoc1CC(=O)Nc1cccc(C#N)c1. The van der Waals surface area contributed by atoms with Crippen LogP contribution in [0, 0.1) is 18.3 Å². The van der Waals surface area contributed by atoms with E-state index in [-0.39, 0.29) is 12.3 Å². The average molecular weight is 241 g/mol. The molecule has 2 aromatic rings. The molecule has 0 aliphatic carbocycles. The van der Waals surface area contributed by atoms with Gasteiger partial charge >= 0.3 is 0 Å². The van der Waals surface area contributed by atoms with E-state index in [4.69, 9.17) is 9.68 Å². The summed E-state index contributed by atoms with van der Waals surface area (Å²) in [5.74, 6) is 0.342. The second-order valence-corrected chi connectivity index (χ2v) is 3.78. The summed E-state index contributed by atoms with van der Waals surface area (Å²) in [7, 11) is 0. The van der Waals surface area contributed by atoms with Gasteiger partial charge in [0.2, 0.25) is 5.91 Å². The third kappa shape index (κ3) is 2.74. The minimum Gasteiger partial charge on any atom is -0.448 e. The Bertz CT molecular complexity index is 611. The van der Waals surface area contributed by atoms with E-state index in [9.17, 15) is 4.79 Å². The van der Waals surface area contributed by atoms with Crippen LogP contribution in [0.1, 0.15) is 17.0 Å². The molecule has 5 heteroatoms. The number of carbonyl (C=O) groups excluding carboxylic acids is 1. The molecule has 1 heterocycles. The highest BCUT2D eigenvalue weighted by Gasteiger charge is 2.10. The van der Waals surface area contributed by atoms with Gasteiger partial charge in [-0.2, -0.15) is 5.26 Å². The molecular weight excluding hydrogens is 230 g/mol. The first-order valence-electron chi connectivity index (χ1n) is 5.38. The monoisotopic (exact) mass is 241 g/mol. The summed E-state index contributed by atoms with van der Waals surface area (Å²) in [4.78, 5) is 15.7. The van der Waals surface area contributed by atoms with Crippen molar-refractivity contribution < 1.29 is 9.21 Å². The van der Waals surface area contributed by atoms with E-state index in [1.807, 2.05) is 6.07 Å². The largest absolute Gasteiger partial charge is 0.448 e. The number of anilines is 1. The van der Waals surface area contributed by atoms with Gasteiger partial charge < -0.3 is 9.73 Å². The molecule has 0 unspecified atom stereocenters. The number of carbonyl (C=O) groups is 1. The molecule has 0 saturated heterocycles. The van der Waals surface area contributed by atoms with Crippen molar-refractivity contribution in [2.24, 2.45) is 0 Å². The fourth-order valence-electron chi connectivity index (χ4n) is 1.51. The highest BCUT2D eigenvalue weighted by atomic mass is 16.3. The molecule has 1 aromatic heterocycles. The molecule has 0 fully saturated rings. The van der Waals surface area contributed by atoms with Crippen molar-refractivity contribution in [1.82, 2.24) is 4.98 Å². The number of oxazole rings is 1. The normalized spacial score (nSPS) is 9.78. The molecule has 0 saturated carbocycles. The van der Waals surface area contributed by atoms with Gasteiger partial charge in [0.15, 0.2) is 6.39 Å². The first-order valence-corrected chi connectivity index (χ1v) is 5.38. The van der Waals surface area contributed by atoms with E-state index in [0.717, 1.165) is 0 Å². The highest BCUT2D eigenvalue weighted by molar-refractivity contribution is 5.92. The Hall–Kier alpha value is -2.61. The molecule has 0 aliphatic heterocycles. The van der Waals surface area contributed by atoms with E-state index >= 15 is 0 Å². The summed E-state index contributed by atoms with van der Waals surface area (Å²) in [6, 6.07) is 8.75. The Labute approximate surface area is 104 Å². The first kappa shape index (κ1) is 11.9. The van der Waals surface area contributed by atoms with Crippen LogP contribution in [0.2, 0.25) is 0 Å². The predicted molar refractivity (Wildman–Crippen MR) is 64.7 cm³/mol. The first-order chi connectivity index (χ1) is 8.69. The molecule has 1 aromatic carbocycles. The average Bonchev–Trinajstić information content (AvgIpc) is 2.75. The maximum Gasteiger partial charge on any atom is 0.232 e. The van der Waals surface area contributed by atoms with Crippen molar-refractivity contribution in [3.05, 3.63) is 47.7 Å². The van der Waals surface area contributed by atoms with Crippen molar-refractivity contribution in [1.29, 1.82) is 5.26 Å². The Morgan fingerprint density at radius 3 is 3.06 bits per heavy atom. The third-order valence-corrected chi connectivity index (χ3v) is 2.44. The Balaban J connectivity index is 2.03. The van der Waals surface area contributed by atoms with E-state index < -0.39 is 0 Å². The minimum atomic E-state index is -0.204. The number of hydrogen-bond acceptors (Lipinski definition) is 4. The molecule has 1 N–H and O–H groups in total. The maximum absolute atomic E-state index is 11.7. The van der Waals surface area contributed by atoms with Crippen LogP contribution in [0.25, 0.3) is 0 Å². The molecule has 90 valence electrons. The molecular formula is C13H11N3O2. The van der Waals surface area contributed by atoms with E-state index in [1.165, 1.54) is 6.39 Å². The number of benzene rings is 1. The van der Waals surface area contributed by atoms with Crippen molar-refractivity contribution in [2.75, 3.05) is 5.32 Å². The summed E-state index contributed by atoms with van der Waals surface area (Å²) in [6.07, 6.45) is 1.44. The summed E-state index contributed by atoms with van der Waals surface area (Å²) < 4.78 is 5.09. The molecule has 0 atom stereocenters. The highest BCUT2D eigenvalue weighted by Crippen LogP contribution is 2.11. The standard InChI is InChI=1S/C13H11N3O2/c1-9-12(18-8-15-9)6-13(17)16-11-4-2-3-10(5-11)7-14/h2-5,8H,6H2,1H3,(H,16,17). The number of amides is 1. The Morgan fingerprint density at radius 1 is 1.56 bits per heavy atom. The van der Waals surface area contributed by atoms with Crippen molar-refractivity contribution >= 4 is 11.6 Å². The van der Waals surface area contributed by atoms with Crippen LogP contribution < -0.4 is 5.32 Å². The van der Waals surface area contributed by atoms with Crippen LogP contribution in [-0.4, -0.2) is 10.9 Å². The minimum absolute atomic E-state index is 0.128. The van der Waals surface area contributed by atoms with E-state index in [0.29, 0.717) is 22.7 Å². The molecule has 1 amide bonds. The Kier molecular flexibility index (Phi) is 3.39. The lowest BCUT2D eigenvalue weighted by Crippen LogP contribution is -2.14. The second kappa shape index (κ2) is 5.15. The smallest absolute Gasteiger partial charge is 0.232 e.